The lowest BCUT2D eigenvalue weighted by atomic mass is 9.81. The molecule has 2 atom stereocenters. The average molecular weight is 275 g/mol. The standard InChI is InChI=1S/C12H25N3O2S/c1-10(11-5-4-6-11)14-18(16,17)15-8-3-2-7-12(15)9-13/h10-12,14H,2-9,13H2,1H3. The van der Waals surface area contributed by atoms with E-state index in [2.05, 4.69) is 4.72 Å². The molecule has 2 unspecified atom stereocenters. The summed E-state index contributed by atoms with van der Waals surface area (Å²) in [5.74, 6) is 0.515. The van der Waals surface area contributed by atoms with Crippen molar-refractivity contribution >= 4 is 10.2 Å². The van der Waals surface area contributed by atoms with Crippen LogP contribution in [0.1, 0.15) is 45.4 Å². The first-order valence-electron chi connectivity index (χ1n) is 7.04. The fraction of sp³-hybridized carbons (Fsp3) is 1.00. The van der Waals surface area contributed by atoms with E-state index in [1.54, 1.807) is 4.31 Å². The van der Waals surface area contributed by atoms with Crippen molar-refractivity contribution in [3.63, 3.8) is 0 Å². The Labute approximate surface area is 110 Å². The molecular formula is C12H25N3O2S. The topological polar surface area (TPSA) is 75.4 Å². The van der Waals surface area contributed by atoms with Gasteiger partial charge in [0.05, 0.1) is 0 Å². The molecule has 0 spiro atoms. The van der Waals surface area contributed by atoms with Crippen LogP contribution in [0.2, 0.25) is 0 Å². The monoisotopic (exact) mass is 275 g/mol. The van der Waals surface area contributed by atoms with Gasteiger partial charge in [0, 0.05) is 25.2 Å². The van der Waals surface area contributed by atoms with Crippen LogP contribution in [-0.4, -0.2) is 37.9 Å². The van der Waals surface area contributed by atoms with Crippen molar-refractivity contribution in [2.75, 3.05) is 13.1 Å². The van der Waals surface area contributed by atoms with Gasteiger partial charge in [0.2, 0.25) is 0 Å². The molecule has 1 aliphatic heterocycles. The van der Waals surface area contributed by atoms with Gasteiger partial charge in [-0.3, -0.25) is 0 Å². The highest BCUT2D eigenvalue weighted by Crippen LogP contribution is 2.30. The smallest absolute Gasteiger partial charge is 0.279 e. The van der Waals surface area contributed by atoms with Crippen molar-refractivity contribution in [3.8, 4) is 0 Å². The van der Waals surface area contributed by atoms with Gasteiger partial charge in [0.25, 0.3) is 10.2 Å². The summed E-state index contributed by atoms with van der Waals surface area (Å²) in [7, 11) is -3.36. The fourth-order valence-corrected chi connectivity index (χ4v) is 4.62. The van der Waals surface area contributed by atoms with E-state index < -0.39 is 10.2 Å². The summed E-state index contributed by atoms with van der Waals surface area (Å²) in [5.41, 5.74) is 5.68. The van der Waals surface area contributed by atoms with Gasteiger partial charge in [-0.05, 0) is 38.5 Å². The molecule has 0 amide bonds. The minimum Gasteiger partial charge on any atom is -0.329 e. The average Bonchev–Trinajstić information content (AvgIpc) is 2.25. The van der Waals surface area contributed by atoms with Gasteiger partial charge in [-0.15, -0.1) is 0 Å². The zero-order valence-corrected chi connectivity index (χ0v) is 12.0. The summed E-state index contributed by atoms with van der Waals surface area (Å²) in [6.45, 7) is 3.00. The lowest BCUT2D eigenvalue weighted by Crippen LogP contribution is -2.54. The molecule has 1 heterocycles. The molecule has 3 N–H and O–H groups in total. The Hall–Kier alpha value is -0.170. The first-order chi connectivity index (χ1) is 8.54. The Bertz CT molecular complexity index is 368. The minimum atomic E-state index is -3.36. The SMILES string of the molecule is CC(NS(=O)(=O)N1CCCCC1CN)C1CCC1. The fourth-order valence-electron chi connectivity index (χ4n) is 2.86. The number of piperidine rings is 1. The van der Waals surface area contributed by atoms with E-state index in [0.29, 0.717) is 19.0 Å². The molecule has 0 aromatic rings. The van der Waals surface area contributed by atoms with Gasteiger partial charge in [-0.1, -0.05) is 12.8 Å². The molecule has 0 radical (unpaired) electrons. The van der Waals surface area contributed by atoms with Crippen LogP contribution in [0.4, 0.5) is 0 Å². The van der Waals surface area contributed by atoms with Crippen LogP contribution in [0.5, 0.6) is 0 Å². The number of rotatable bonds is 5. The van der Waals surface area contributed by atoms with Gasteiger partial charge in [-0.2, -0.15) is 17.4 Å². The third-order valence-electron chi connectivity index (χ3n) is 4.35. The van der Waals surface area contributed by atoms with Crippen LogP contribution in [0.25, 0.3) is 0 Å². The molecule has 0 aromatic carbocycles. The Morgan fingerprint density at radius 2 is 2.00 bits per heavy atom. The predicted octanol–water partition coefficient (Wildman–Crippen LogP) is 0.823. The van der Waals surface area contributed by atoms with Crippen LogP contribution in [-0.2, 0) is 10.2 Å². The van der Waals surface area contributed by atoms with Gasteiger partial charge >= 0.3 is 0 Å². The molecule has 0 aromatic heterocycles. The van der Waals surface area contributed by atoms with Crippen molar-refractivity contribution in [1.29, 1.82) is 0 Å². The lowest BCUT2D eigenvalue weighted by Gasteiger charge is -2.37. The van der Waals surface area contributed by atoms with E-state index in [-0.39, 0.29) is 12.1 Å². The molecule has 6 heteroatoms. The lowest BCUT2D eigenvalue weighted by molar-refractivity contribution is 0.235. The number of nitrogens with zero attached hydrogens (tertiary/aromatic N) is 1. The predicted molar refractivity (Wildman–Crippen MR) is 72.3 cm³/mol. The van der Waals surface area contributed by atoms with Crippen LogP contribution >= 0.6 is 0 Å². The summed E-state index contributed by atoms with van der Waals surface area (Å²) in [4.78, 5) is 0. The maximum atomic E-state index is 12.4. The zero-order valence-electron chi connectivity index (χ0n) is 11.1. The van der Waals surface area contributed by atoms with Crippen LogP contribution < -0.4 is 10.5 Å². The maximum absolute atomic E-state index is 12.4. The number of hydrogen-bond acceptors (Lipinski definition) is 3. The Morgan fingerprint density at radius 3 is 2.56 bits per heavy atom. The van der Waals surface area contributed by atoms with Crippen molar-refractivity contribution in [3.05, 3.63) is 0 Å². The summed E-state index contributed by atoms with van der Waals surface area (Å²) >= 11 is 0. The van der Waals surface area contributed by atoms with E-state index >= 15 is 0 Å². The highest BCUT2D eigenvalue weighted by molar-refractivity contribution is 7.87. The second-order valence-corrected chi connectivity index (χ2v) is 7.25. The molecule has 106 valence electrons. The normalized spacial score (nSPS) is 28.9. The number of hydrogen-bond donors (Lipinski definition) is 2. The zero-order chi connectivity index (χ0) is 13.2. The molecule has 2 fully saturated rings. The molecule has 18 heavy (non-hydrogen) atoms. The van der Waals surface area contributed by atoms with Crippen LogP contribution in [0.3, 0.4) is 0 Å². The molecule has 1 aliphatic carbocycles. The number of nitrogens with two attached hydrogens (primary N) is 1. The summed E-state index contributed by atoms with van der Waals surface area (Å²) in [5, 5.41) is 0. The second kappa shape index (κ2) is 5.86. The molecule has 1 saturated heterocycles. The van der Waals surface area contributed by atoms with Gasteiger partial charge < -0.3 is 5.73 Å². The molecule has 0 bridgehead atoms. The van der Waals surface area contributed by atoms with Gasteiger partial charge in [0.1, 0.15) is 0 Å². The molecule has 2 aliphatic rings. The molecule has 5 nitrogen and oxygen atoms in total. The van der Waals surface area contributed by atoms with Crippen LogP contribution in [0.15, 0.2) is 0 Å². The summed E-state index contributed by atoms with van der Waals surface area (Å²) < 4.78 is 29.1. The van der Waals surface area contributed by atoms with E-state index in [9.17, 15) is 8.42 Å². The highest BCUT2D eigenvalue weighted by atomic mass is 32.2. The van der Waals surface area contributed by atoms with E-state index in [4.69, 9.17) is 5.73 Å². The minimum absolute atomic E-state index is 0.0233. The van der Waals surface area contributed by atoms with E-state index in [0.717, 1.165) is 32.1 Å². The van der Waals surface area contributed by atoms with E-state index in [1.807, 2.05) is 6.92 Å². The van der Waals surface area contributed by atoms with Crippen molar-refractivity contribution in [1.82, 2.24) is 9.03 Å². The third kappa shape index (κ3) is 3.04. The van der Waals surface area contributed by atoms with Crippen molar-refractivity contribution < 1.29 is 8.42 Å². The largest absolute Gasteiger partial charge is 0.329 e. The Kier molecular flexibility index (Phi) is 4.64. The molecule has 2 rings (SSSR count). The molecule has 1 saturated carbocycles. The Balaban J connectivity index is 1.99. The first kappa shape index (κ1) is 14.2. The summed E-state index contributed by atoms with van der Waals surface area (Å²) in [6.07, 6.45) is 6.41. The Morgan fingerprint density at radius 1 is 1.28 bits per heavy atom. The van der Waals surface area contributed by atoms with Gasteiger partial charge in [0.15, 0.2) is 0 Å². The third-order valence-corrected chi connectivity index (χ3v) is 6.11. The quantitative estimate of drug-likeness (QED) is 0.780. The molecular weight excluding hydrogens is 250 g/mol. The maximum Gasteiger partial charge on any atom is 0.279 e. The highest BCUT2D eigenvalue weighted by Gasteiger charge is 2.34. The number of nitrogens with one attached hydrogen (secondary N) is 1. The first-order valence-corrected chi connectivity index (χ1v) is 8.48. The van der Waals surface area contributed by atoms with Gasteiger partial charge in [-0.25, -0.2) is 0 Å². The van der Waals surface area contributed by atoms with Crippen LogP contribution in [0, 0.1) is 5.92 Å². The van der Waals surface area contributed by atoms with Crippen molar-refractivity contribution in [2.24, 2.45) is 11.7 Å². The van der Waals surface area contributed by atoms with Crippen molar-refractivity contribution in [2.45, 2.75) is 57.5 Å². The summed E-state index contributed by atoms with van der Waals surface area (Å²) in [6, 6.07) is 0.0222. The van der Waals surface area contributed by atoms with E-state index in [1.165, 1.54) is 6.42 Å². The second-order valence-electron chi connectivity index (χ2n) is 5.60.